The van der Waals surface area contributed by atoms with Gasteiger partial charge >= 0.3 is 11.9 Å². The predicted octanol–water partition coefficient (Wildman–Crippen LogP) is 3.92. The molecule has 0 spiro atoms. The average molecular weight is 405 g/mol. The lowest BCUT2D eigenvalue weighted by atomic mass is 10.2. The van der Waals surface area contributed by atoms with Gasteiger partial charge in [0, 0.05) is 5.69 Å². The number of hydrogen-bond acceptors (Lipinski definition) is 6. The van der Waals surface area contributed by atoms with E-state index in [-0.39, 0.29) is 41.0 Å². The van der Waals surface area contributed by atoms with E-state index in [1.54, 1.807) is 18.2 Å². The van der Waals surface area contributed by atoms with E-state index in [2.05, 4.69) is 20.6 Å². The molecule has 2 aromatic carbocycles. The third-order valence-corrected chi connectivity index (χ3v) is 3.52. The monoisotopic (exact) mass is 404 g/mol. The molecule has 10 heteroatoms. The molecule has 144 valence electrons. The molecule has 0 amide bonds. The minimum atomic E-state index is -1.17. The molecule has 1 heterocycles. The van der Waals surface area contributed by atoms with Crippen LogP contribution in [0.2, 0.25) is 0 Å². The summed E-state index contributed by atoms with van der Waals surface area (Å²) in [5, 5.41) is 23.6. The predicted molar refractivity (Wildman–Crippen MR) is 103 cm³/mol. The summed E-state index contributed by atoms with van der Waals surface area (Å²) in [6.45, 7) is 0. The van der Waals surface area contributed by atoms with Gasteiger partial charge in [0.1, 0.15) is 0 Å². The molecule has 3 rings (SSSR count). The second-order valence-corrected chi connectivity index (χ2v) is 5.38. The van der Waals surface area contributed by atoms with Gasteiger partial charge in [-0.1, -0.05) is 18.2 Å². The van der Waals surface area contributed by atoms with Crippen LogP contribution in [0.25, 0.3) is 0 Å². The fourth-order valence-electron chi connectivity index (χ4n) is 2.28. The van der Waals surface area contributed by atoms with Crippen molar-refractivity contribution in [2.45, 2.75) is 0 Å². The smallest absolute Gasteiger partial charge is 0.337 e. The Hall–Kier alpha value is -3.72. The second-order valence-electron chi connectivity index (χ2n) is 5.38. The molecule has 0 saturated carbocycles. The number of anilines is 4. The molecule has 3 aromatic rings. The number of hydrogen-bond donors (Lipinski definition) is 4. The first-order valence-electron chi connectivity index (χ1n) is 7.66. The summed E-state index contributed by atoms with van der Waals surface area (Å²) in [5.74, 6) is -3.26. The highest BCUT2D eigenvalue weighted by molar-refractivity contribution is 5.95. The van der Waals surface area contributed by atoms with E-state index in [0.717, 1.165) is 6.20 Å². The highest BCUT2D eigenvalue weighted by atomic mass is 35.5. The topological polar surface area (TPSA) is 124 Å². The number of halogens is 2. The van der Waals surface area contributed by atoms with Gasteiger partial charge in [-0.15, -0.1) is 12.4 Å². The third kappa shape index (κ3) is 4.71. The summed E-state index contributed by atoms with van der Waals surface area (Å²) in [6.07, 6.45) is 0.919. The van der Waals surface area contributed by atoms with Crippen LogP contribution >= 0.6 is 12.4 Å². The van der Waals surface area contributed by atoms with Crippen LogP contribution in [-0.4, -0.2) is 32.1 Å². The maximum absolute atomic E-state index is 14.1. The van der Waals surface area contributed by atoms with E-state index in [0.29, 0.717) is 5.69 Å². The summed E-state index contributed by atoms with van der Waals surface area (Å²) in [4.78, 5) is 30.1. The molecule has 0 unspecified atom stereocenters. The van der Waals surface area contributed by atoms with Crippen molar-refractivity contribution >= 4 is 47.5 Å². The molecule has 0 aliphatic heterocycles. The lowest BCUT2D eigenvalue weighted by Gasteiger charge is -2.11. The van der Waals surface area contributed by atoms with E-state index in [4.69, 9.17) is 5.11 Å². The van der Waals surface area contributed by atoms with Crippen LogP contribution in [0.4, 0.5) is 27.5 Å². The van der Waals surface area contributed by atoms with Gasteiger partial charge in [-0.3, -0.25) is 0 Å². The summed E-state index contributed by atoms with van der Waals surface area (Å²) < 4.78 is 14.1. The van der Waals surface area contributed by atoms with Crippen LogP contribution in [0.15, 0.2) is 54.7 Å². The Morgan fingerprint density at radius 2 is 1.71 bits per heavy atom. The Labute approximate surface area is 164 Å². The van der Waals surface area contributed by atoms with Gasteiger partial charge < -0.3 is 20.8 Å². The molecular weight excluding hydrogens is 391 g/mol. The second kappa shape index (κ2) is 8.78. The van der Waals surface area contributed by atoms with Crippen molar-refractivity contribution in [3.8, 4) is 0 Å². The largest absolute Gasteiger partial charge is 0.478 e. The number of carboxylic acid groups (broad SMARTS) is 2. The Kier molecular flexibility index (Phi) is 6.46. The number of para-hydroxylation sites is 1. The fraction of sp³-hybridized carbons (Fsp3) is 0. The SMILES string of the molecule is Cl.O=C(O)c1cccc(Nc2ncc(F)c(Nc3ccccc3C(=O)O)n2)c1. The van der Waals surface area contributed by atoms with Crippen LogP contribution in [0.3, 0.4) is 0 Å². The molecule has 1 aromatic heterocycles. The van der Waals surface area contributed by atoms with E-state index >= 15 is 0 Å². The summed E-state index contributed by atoms with van der Waals surface area (Å²) in [6, 6.07) is 12.0. The van der Waals surface area contributed by atoms with Gasteiger partial charge in [0.25, 0.3) is 0 Å². The van der Waals surface area contributed by atoms with Crippen molar-refractivity contribution < 1.29 is 24.2 Å². The minimum absolute atomic E-state index is 0. The lowest BCUT2D eigenvalue weighted by Crippen LogP contribution is -2.07. The summed E-state index contributed by atoms with van der Waals surface area (Å²) in [7, 11) is 0. The van der Waals surface area contributed by atoms with Gasteiger partial charge in [0.15, 0.2) is 11.6 Å². The van der Waals surface area contributed by atoms with E-state index < -0.39 is 17.8 Å². The van der Waals surface area contributed by atoms with Crippen molar-refractivity contribution in [2.75, 3.05) is 10.6 Å². The Morgan fingerprint density at radius 3 is 2.43 bits per heavy atom. The van der Waals surface area contributed by atoms with Crippen LogP contribution in [0.1, 0.15) is 20.7 Å². The van der Waals surface area contributed by atoms with Gasteiger partial charge in [-0.05, 0) is 30.3 Å². The third-order valence-electron chi connectivity index (χ3n) is 3.52. The summed E-state index contributed by atoms with van der Waals surface area (Å²) >= 11 is 0. The van der Waals surface area contributed by atoms with Crippen molar-refractivity contribution in [3.05, 3.63) is 71.7 Å². The van der Waals surface area contributed by atoms with Crippen molar-refractivity contribution in [1.82, 2.24) is 9.97 Å². The molecule has 0 fully saturated rings. The number of carbonyl (C=O) groups is 2. The number of aromatic nitrogens is 2. The van der Waals surface area contributed by atoms with Gasteiger partial charge in [-0.25, -0.2) is 19.0 Å². The molecular formula is C18H14ClFN4O4. The number of nitrogens with one attached hydrogen (secondary N) is 2. The first kappa shape index (κ1) is 20.6. The molecule has 0 aliphatic rings. The quantitative estimate of drug-likeness (QED) is 0.487. The fourth-order valence-corrected chi connectivity index (χ4v) is 2.28. The zero-order valence-electron chi connectivity index (χ0n) is 14.1. The number of aromatic carboxylic acids is 2. The molecule has 0 saturated heterocycles. The van der Waals surface area contributed by atoms with E-state index in [1.165, 1.54) is 30.3 Å². The highest BCUT2D eigenvalue weighted by Crippen LogP contribution is 2.23. The van der Waals surface area contributed by atoms with Crippen molar-refractivity contribution in [2.24, 2.45) is 0 Å². The zero-order chi connectivity index (χ0) is 19.4. The average Bonchev–Trinajstić information content (AvgIpc) is 2.65. The maximum Gasteiger partial charge on any atom is 0.337 e. The number of rotatable bonds is 6. The molecule has 0 bridgehead atoms. The Balaban J connectivity index is 0.00000280. The highest BCUT2D eigenvalue weighted by Gasteiger charge is 2.13. The van der Waals surface area contributed by atoms with Gasteiger partial charge in [-0.2, -0.15) is 4.98 Å². The molecule has 0 aliphatic carbocycles. The van der Waals surface area contributed by atoms with E-state index in [1.807, 2.05) is 0 Å². The normalized spacial score (nSPS) is 9.89. The van der Waals surface area contributed by atoms with Crippen molar-refractivity contribution in [1.29, 1.82) is 0 Å². The summed E-state index contributed by atoms with van der Waals surface area (Å²) in [5.41, 5.74) is 0.592. The number of carboxylic acids is 2. The zero-order valence-corrected chi connectivity index (χ0v) is 14.9. The molecule has 8 nitrogen and oxygen atoms in total. The van der Waals surface area contributed by atoms with E-state index in [9.17, 15) is 19.1 Å². The van der Waals surface area contributed by atoms with Crippen molar-refractivity contribution in [3.63, 3.8) is 0 Å². The van der Waals surface area contributed by atoms with Gasteiger partial charge in [0.05, 0.1) is 23.0 Å². The lowest BCUT2D eigenvalue weighted by molar-refractivity contribution is 0.0686. The Bertz CT molecular complexity index is 1030. The molecule has 28 heavy (non-hydrogen) atoms. The van der Waals surface area contributed by atoms with Crippen LogP contribution in [-0.2, 0) is 0 Å². The standard InChI is InChI=1S/C18H13FN4O4.ClH/c19-13-9-20-18(21-11-5-3-4-10(8-11)16(24)25)23-15(13)22-14-7-2-1-6-12(14)17(26)27;/h1-9H,(H,24,25)(H,26,27)(H2,20,21,22,23);1H. The first-order valence-corrected chi connectivity index (χ1v) is 7.66. The van der Waals surface area contributed by atoms with Crippen LogP contribution in [0, 0.1) is 5.82 Å². The van der Waals surface area contributed by atoms with Crippen LogP contribution < -0.4 is 10.6 Å². The number of benzene rings is 2. The van der Waals surface area contributed by atoms with Gasteiger partial charge in [0.2, 0.25) is 5.95 Å². The first-order chi connectivity index (χ1) is 12.9. The molecule has 4 N–H and O–H groups in total. The minimum Gasteiger partial charge on any atom is -0.478 e. The van der Waals surface area contributed by atoms with Crippen LogP contribution in [0.5, 0.6) is 0 Å². The number of nitrogens with zero attached hydrogens (tertiary/aromatic N) is 2. The Morgan fingerprint density at radius 1 is 0.964 bits per heavy atom. The maximum atomic E-state index is 14.1. The molecule has 0 atom stereocenters. The molecule has 0 radical (unpaired) electrons.